The molecule has 0 radical (unpaired) electrons. The molecule has 0 fully saturated rings. The number of allylic oxidation sites excluding steroid dienone is 3. The van der Waals surface area contributed by atoms with Gasteiger partial charge in [-0.05, 0) is 31.2 Å². The van der Waals surface area contributed by atoms with Gasteiger partial charge in [0.15, 0.2) is 0 Å². The zero-order valence-electron chi connectivity index (χ0n) is 11.9. The van der Waals surface area contributed by atoms with Crippen molar-refractivity contribution in [3.63, 3.8) is 0 Å². The molecule has 0 aliphatic carbocycles. The molecule has 0 saturated heterocycles. The van der Waals surface area contributed by atoms with Crippen molar-refractivity contribution >= 4 is 5.97 Å². The predicted octanol–water partition coefficient (Wildman–Crippen LogP) is 3.33. The topological polar surface area (TPSA) is 65.2 Å². The Morgan fingerprint density at radius 2 is 2.19 bits per heavy atom. The molecule has 0 unspecified atom stereocenters. The van der Waals surface area contributed by atoms with Crippen LogP contribution in [-0.4, -0.2) is 22.8 Å². The van der Waals surface area contributed by atoms with Crippen LogP contribution in [-0.2, 0) is 4.74 Å². The average Bonchev–Trinajstić information content (AvgIpc) is 2.93. The zero-order chi connectivity index (χ0) is 15.1. The summed E-state index contributed by atoms with van der Waals surface area (Å²) in [5.74, 6) is 0.473. The van der Waals surface area contributed by atoms with Crippen LogP contribution in [0.5, 0.6) is 0 Å². The summed E-state index contributed by atoms with van der Waals surface area (Å²) in [5, 5.41) is 7.69. The van der Waals surface area contributed by atoms with E-state index in [-0.39, 0.29) is 6.61 Å². The predicted molar refractivity (Wildman–Crippen MR) is 78.7 cm³/mol. The maximum Gasteiger partial charge on any atom is 0.338 e. The van der Waals surface area contributed by atoms with Crippen LogP contribution in [0.25, 0.3) is 11.5 Å². The van der Waals surface area contributed by atoms with Gasteiger partial charge in [-0.3, -0.25) is 0 Å². The third-order valence-corrected chi connectivity index (χ3v) is 2.62. The minimum Gasteiger partial charge on any atom is -0.458 e. The van der Waals surface area contributed by atoms with Gasteiger partial charge in [-0.25, -0.2) is 4.79 Å². The molecule has 0 amide bonds. The monoisotopic (exact) mass is 284 g/mol. The van der Waals surface area contributed by atoms with Crippen molar-refractivity contribution in [1.82, 2.24) is 10.2 Å². The molecule has 0 aliphatic rings. The minimum atomic E-state index is -0.391. The highest BCUT2D eigenvalue weighted by Crippen LogP contribution is 2.19. The van der Waals surface area contributed by atoms with Crippen LogP contribution in [0.2, 0.25) is 0 Å². The highest BCUT2D eigenvalue weighted by molar-refractivity contribution is 5.90. The minimum absolute atomic E-state index is 0.229. The Hall–Kier alpha value is -2.69. The third-order valence-electron chi connectivity index (χ3n) is 2.62. The number of hydrogen-bond donors (Lipinski definition) is 0. The van der Waals surface area contributed by atoms with Crippen molar-refractivity contribution in [2.24, 2.45) is 0 Å². The number of aryl methyl sites for hydroxylation is 1. The highest BCUT2D eigenvalue weighted by Gasteiger charge is 2.11. The summed E-state index contributed by atoms with van der Waals surface area (Å²) >= 11 is 0. The van der Waals surface area contributed by atoms with E-state index in [0.29, 0.717) is 22.9 Å². The number of carbonyl (C=O) groups is 1. The van der Waals surface area contributed by atoms with E-state index in [4.69, 9.17) is 9.15 Å². The standard InChI is InChI=1S/C16H16N2O3/c1-3-4-5-6-10-20-16(19)14-9-7-8-13(11-14)15-18-17-12(2)21-15/h3-9,11H,10H2,1-2H3. The van der Waals surface area contributed by atoms with Gasteiger partial charge in [0.25, 0.3) is 0 Å². The number of benzene rings is 1. The first-order valence-corrected chi connectivity index (χ1v) is 6.56. The Morgan fingerprint density at radius 3 is 2.90 bits per heavy atom. The number of ether oxygens (including phenoxy) is 1. The van der Waals surface area contributed by atoms with Crippen LogP contribution >= 0.6 is 0 Å². The number of esters is 1. The second-order valence-corrected chi connectivity index (χ2v) is 4.26. The number of rotatable bonds is 5. The fraction of sp³-hybridized carbons (Fsp3) is 0.188. The quantitative estimate of drug-likeness (QED) is 0.622. The third kappa shape index (κ3) is 4.14. The Morgan fingerprint density at radius 1 is 1.33 bits per heavy atom. The molecule has 1 heterocycles. The molecule has 21 heavy (non-hydrogen) atoms. The van der Waals surface area contributed by atoms with Gasteiger partial charge in [0, 0.05) is 12.5 Å². The Kier molecular flexibility index (Phi) is 5.04. The molecule has 0 aliphatic heterocycles. The normalized spacial score (nSPS) is 11.3. The second-order valence-electron chi connectivity index (χ2n) is 4.26. The van der Waals surface area contributed by atoms with Gasteiger partial charge >= 0.3 is 5.97 Å². The molecular weight excluding hydrogens is 268 g/mol. The van der Waals surface area contributed by atoms with Gasteiger partial charge in [-0.1, -0.05) is 24.3 Å². The number of hydrogen-bond acceptors (Lipinski definition) is 5. The van der Waals surface area contributed by atoms with Gasteiger partial charge in [-0.2, -0.15) is 0 Å². The first-order chi connectivity index (χ1) is 10.2. The van der Waals surface area contributed by atoms with E-state index in [2.05, 4.69) is 10.2 Å². The maximum absolute atomic E-state index is 11.9. The van der Waals surface area contributed by atoms with Gasteiger partial charge in [0.2, 0.25) is 11.8 Å². The smallest absolute Gasteiger partial charge is 0.338 e. The van der Waals surface area contributed by atoms with Crippen molar-refractivity contribution < 1.29 is 13.9 Å². The summed E-state index contributed by atoms with van der Waals surface area (Å²) in [7, 11) is 0. The van der Waals surface area contributed by atoms with Crippen LogP contribution in [0.4, 0.5) is 0 Å². The summed E-state index contributed by atoms with van der Waals surface area (Å²) in [6, 6.07) is 6.91. The molecule has 2 aromatic rings. The van der Waals surface area contributed by atoms with Crippen LogP contribution in [0.1, 0.15) is 23.2 Å². The van der Waals surface area contributed by atoms with Gasteiger partial charge < -0.3 is 9.15 Å². The van der Waals surface area contributed by atoms with Crippen molar-refractivity contribution in [2.45, 2.75) is 13.8 Å². The number of carbonyl (C=O) groups excluding carboxylic acids is 1. The highest BCUT2D eigenvalue weighted by atomic mass is 16.5. The molecule has 0 atom stereocenters. The summed E-state index contributed by atoms with van der Waals surface area (Å²) in [5.41, 5.74) is 1.14. The van der Waals surface area contributed by atoms with E-state index < -0.39 is 5.97 Å². The lowest BCUT2D eigenvalue weighted by atomic mass is 10.1. The summed E-state index contributed by atoms with van der Waals surface area (Å²) in [4.78, 5) is 11.9. The van der Waals surface area contributed by atoms with Crippen molar-refractivity contribution in [1.29, 1.82) is 0 Å². The van der Waals surface area contributed by atoms with E-state index in [1.54, 1.807) is 37.3 Å². The number of nitrogens with zero attached hydrogens (tertiary/aromatic N) is 2. The molecule has 0 bridgehead atoms. The Bertz CT molecular complexity index is 672. The second kappa shape index (κ2) is 7.19. The maximum atomic E-state index is 11.9. The van der Waals surface area contributed by atoms with E-state index in [0.717, 1.165) is 0 Å². The Balaban J connectivity index is 2.05. The molecule has 1 aromatic heterocycles. The lowest BCUT2D eigenvalue weighted by molar-refractivity contribution is 0.0549. The molecule has 0 N–H and O–H groups in total. The van der Waals surface area contributed by atoms with Gasteiger partial charge in [-0.15, -0.1) is 10.2 Å². The van der Waals surface area contributed by atoms with Gasteiger partial charge in [0.05, 0.1) is 5.56 Å². The molecule has 5 heteroatoms. The van der Waals surface area contributed by atoms with E-state index in [1.165, 1.54) is 0 Å². The lowest BCUT2D eigenvalue weighted by Crippen LogP contribution is -2.05. The molecule has 0 spiro atoms. The summed E-state index contributed by atoms with van der Waals surface area (Å²) < 4.78 is 10.5. The number of aromatic nitrogens is 2. The molecule has 108 valence electrons. The molecule has 1 aromatic carbocycles. The SMILES string of the molecule is CC=CC=CCOC(=O)c1cccc(-c2nnc(C)o2)c1. The molecule has 0 saturated carbocycles. The zero-order valence-corrected chi connectivity index (χ0v) is 11.9. The molecule has 2 rings (SSSR count). The summed E-state index contributed by atoms with van der Waals surface area (Å²) in [6.45, 7) is 3.86. The van der Waals surface area contributed by atoms with Crippen LogP contribution in [0.15, 0.2) is 53.0 Å². The van der Waals surface area contributed by atoms with Crippen LogP contribution in [0, 0.1) is 6.92 Å². The van der Waals surface area contributed by atoms with E-state index in [9.17, 15) is 4.79 Å². The molecular formula is C16H16N2O3. The fourth-order valence-electron chi connectivity index (χ4n) is 1.64. The van der Waals surface area contributed by atoms with E-state index in [1.807, 2.05) is 25.2 Å². The van der Waals surface area contributed by atoms with Crippen LogP contribution in [0.3, 0.4) is 0 Å². The summed E-state index contributed by atoms with van der Waals surface area (Å²) in [6.07, 6.45) is 7.36. The lowest BCUT2D eigenvalue weighted by Gasteiger charge is -2.03. The first kappa shape index (κ1) is 14.7. The van der Waals surface area contributed by atoms with Crippen molar-refractivity contribution in [3.8, 4) is 11.5 Å². The first-order valence-electron chi connectivity index (χ1n) is 6.56. The van der Waals surface area contributed by atoms with Crippen molar-refractivity contribution in [2.75, 3.05) is 6.61 Å². The van der Waals surface area contributed by atoms with Crippen molar-refractivity contribution in [3.05, 3.63) is 60.0 Å². The largest absolute Gasteiger partial charge is 0.458 e. The van der Waals surface area contributed by atoms with E-state index >= 15 is 0 Å². The fourth-order valence-corrected chi connectivity index (χ4v) is 1.64. The Labute approximate surface area is 123 Å². The average molecular weight is 284 g/mol. The van der Waals surface area contributed by atoms with Crippen LogP contribution < -0.4 is 0 Å². The van der Waals surface area contributed by atoms with Gasteiger partial charge in [0.1, 0.15) is 6.61 Å². The molecule has 5 nitrogen and oxygen atoms in total.